The number of anilines is 1. The number of rotatable bonds is 0. The number of allylic oxidation sites excluding steroid dienone is 2. The van der Waals surface area contributed by atoms with Gasteiger partial charge in [0.2, 0.25) is 0 Å². The van der Waals surface area contributed by atoms with Gasteiger partial charge in [-0.25, -0.2) is 0 Å². The number of nitrogens with zero attached hydrogens (tertiary/aromatic N) is 1. The molecule has 2 aromatic rings. The fraction of sp³-hybridized carbons (Fsp3) is 0. The summed E-state index contributed by atoms with van der Waals surface area (Å²) in [6.07, 6.45) is 3.34. The Morgan fingerprint density at radius 2 is 1.43 bits per heavy atom. The molecule has 0 aliphatic heterocycles. The van der Waals surface area contributed by atoms with Crippen molar-refractivity contribution in [3.8, 4) is 29.8 Å². The third kappa shape index (κ3) is 4.32. The summed E-state index contributed by atoms with van der Waals surface area (Å²) in [7, 11) is 0. The van der Waals surface area contributed by atoms with Crippen molar-refractivity contribution in [2.45, 2.75) is 0 Å². The van der Waals surface area contributed by atoms with Gasteiger partial charge >= 0.3 is 0 Å². The van der Waals surface area contributed by atoms with E-state index in [4.69, 9.17) is 11.0 Å². The van der Waals surface area contributed by atoms with Gasteiger partial charge in [-0.05, 0) is 48.6 Å². The Labute approximate surface area is 124 Å². The number of nitrogens with two attached hydrogens (primary N) is 1. The standard InChI is InChI=1S/C19H12N2/c20-15-18-10-6-5-9-17(18)8-4-2-1-3-7-16-11-13-19(21)14-12-16/h1-2,5-6,9-14H,21H2/b2-1-. The number of nitrogen functional groups attached to an aromatic ring is 1. The summed E-state index contributed by atoms with van der Waals surface area (Å²) in [6, 6.07) is 16.7. The summed E-state index contributed by atoms with van der Waals surface area (Å²) in [5.41, 5.74) is 8.51. The zero-order chi connectivity index (χ0) is 14.9. The largest absolute Gasteiger partial charge is 0.399 e. The Morgan fingerprint density at radius 1 is 0.810 bits per heavy atom. The Morgan fingerprint density at radius 3 is 2.10 bits per heavy atom. The lowest BCUT2D eigenvalue weighted by atomic mass is 10.1. The Kier molecular flexibility index (Phi) is 4.83. The smallest absolute Gasteiger partial charge is 0.100 e. The minimum atomic E-state index is 0.575. The van der Waals surface area contributed by atoms with Crippen LogP contribution in [0.5, 0.6) is 0 Å². The molecule has 98 valence electrons. The van der Waals surface area contributed by atoms with E-state index in [2.05, 4.69) is 29.8 Å². The van der Waals surface area contributed by atoms with Crippen molar-refractivity contribution in [3.05, 3.63) is 77.4 Å². The minimum absolute atomic E-state index is 0.575. The minimum Gasteiger partial charge on any atom is -0.399 e. The van der Waals surface area contributed by atoms with E-state index < -0.39 is 0 Å². The monoisotopic (exact) mass is 268 g/mol. The molecule has 0 fully saturated rings. The molecule has 0 spiro atoms. The second-order valence-corrected chi connectivity index (χ2v) is 4.15. The molecule has 21 heavy (non-hydrogen) atoms. The third-order valence-electron chi connectivity index (χ3n) is 2.63. The summed E-state index contributed by atoms with van der Waals surface area (Å²) in [5, 5.41) is 8.94. The van der Waals surface area contributed by atoms with Crippen molar-refractivity contribution in [3.63, 3.8) is 0 Å². The van der Waals surface area contributed by atoms with Crippen LogP contribution in [0, 0.1) is 35.0 Å². The second kappa shape index (κ2) is 7.25. The van der Waals surface area contributed by atoms with Crippen LogP contribution in [0.4, 0.5) is 5.69 Å². The first-order valence-corrected chi connectivity index (χ1v) is 6.32. The molecule has 0 unspecified atom stereocenters. The Balaban J connectivity index is 2.03. The lowest BCUT2D eigenvalue weighted by Crippen LogP contribution is -1.82. The fourth-order valence-electron chi connectivity index (χ4n) is 1.58. The highest BCUT2D eigenvalue weighted by Gasteiger charge is 1.94. The number of benzene rings is 2. The van der Waals surface area contributed by atoms with Crippen molar-refractivity contribution in [2.75, 3.05) is 5.73 Å². The van der Waals surface area contributed by atoms with Gasteiger partial charge in [0.15, 0.2) is 0 Å². The van der Waals surface area contributed by atoms with Gasteiger partial charge in [-0.15, -0.1) is 0 Å². The zero-order valence-corrected chi connectivity index (χ0v) is 11.3. The molecule has 0 atom stereocenters. The zero-order valence-electron chi connectivity index (χ0n) is 11.3. The molecule has 0 saturated heterocycles. The molecule has 0 saturated carbocycles. The van der Waals surface area contributed by atoms with Crippen LogP contribution in [0.25, 0.3) is 0 Å². The second-order valence-electron chi connectivity index (χ2n) is 4.15. The Hall–Kier alpha value is -3.41. The molecule has 0 aliphatic carbocycles. The quantitative estimate of drug-likeness (QED) is 0.589. The summed E-state index contributed by atoms with van der Waals surface area (Å²) >= 11 is 0. The maximum atomic E-state index is 8.94. The van der Waals surface area contributed by atoms with Gasteiger partial charge in [0.1, 0.15) is 6.07 Å². The molecule has 0 bridgehead atoms. The van der Waals surface area contributed by atoms with Crippen molar-refractivity contribution < 1.29 is 0 Å². The molecule has 2 heteroatoms. The number of hydrogen-bond donors (Lipinski definition) is 1. The predicted molar refractivity (Wildman–Crippen MR) is 84.9 cm³/mol. The van der Waals surface area contributed by atoms with Crippen molar-refractivity contribution >= 4 is 5.69 Å². The predicted octanol–water partition coefficient (Wildman–Crippen LogP) is 3.10. The molecular formula is C19H12N2. The number of nitriles is 1. The molecule has 2 rings (SSSR count). The highest BCUT2D eigenvalue weighted by atomic mass is 14.5. The topological polar surface area (TPSA) is 49.8 Å². The maximum Gasteiger partial charge on any atom is 0.100 e. The van der Waals surface area contributed by atoms with E-state index in [1.807, 2.05) is 42.5 Å². The van der Waals surface area contributed by atoms with E-state index in [0.29, 0.717) is 5.56 Å². The van der Waals surface area contributed by atoms with Gasteiger partial charge in [0, 0.05) is 16.8 Å². The van der Waals surface area contributed by atoms with E-state index in [1.54, 1.807) is 18.2 Å². The first-order chi connectivity index (χ1) is 10.3. The lowest BCUT2D eigenvalue weighted by molar-refractivity contribution is 1.47. The molecular weight excluding hydrogens is 256 g/mol. The van der Waals surface area contributed by atoms with Crippen molar-refractivity contribution in [1.29, 1.82) is 5.26 Å². The van der Waals surface area contributed by atoms with E-state index in [1.165, 1.54) is 0 Å². The summed E-state index contributed by atoms with van der Waals surface area (Å²) < 4.78 is 0. The van der Waals surface area contributed by atoms with Crippen molar-refractivity contribution in [1.82, 2.24) is 0 Å². The average molecular weight is 268 g/mol. The van der Waals surface area contributed by atoms with Crippen LogP contribution in [0.15, 0.2) is 60.7 Å². The van der Waals surface area contributed by atoms with Gasteiger partial charge in [0.25, 0.3) is 0 Å². The van der Waals surface area contributed by atoms with Crippen LogP contribution in [0.2, 0.25) is 0 Å². The normalized spacial score (nSPS) is 9.10. The van der Waals surface area contributed by atoms with Crippen molar-refractivity contribution in [2.24, 2.45) is 0 Å². The first kappa shape index (κ1) is 14.0. The first-order valence-electron chi connectivity index (χ1n) is 6.32. The van der Waals surface area contributed by atoms with Gasteiger partial charge in [-0.1, -0.05) is 35.8 Å². The van der Waals surface area contributed by atoms with Crippen LogP contribution < -0.4 is 5.73 Å². The van der Waals surface area contributed by atoms with E-state index >= 15 is 0 Å². The molecule has 2 aromatic carbocycles. The van der Waals surface area contributed by atoms with Crippen LogP contribution in [0.3, 0.4) is 0 Å². The van der Waals surface area contributed by atoms with E-state index in [0.717, 1.165) is 16.8 Å². The molecule has 0 aromatic heterocycles. The number of hydrogen-bond acceptors (Lipinski definition) is 2. The summed E-state index contributed by atoms with van der Waals surface area (Å²) in [5.74, 6) is 11.7. The maximum absolute atomic E-state index is 8.94. The molecule has 0 aliphatic rings. The third-order valence-corrected chi connectivity index (χ3v) is 2.63. The summed E-state index contributed by atoms with van der Waals surface area (Å²) in [4.78, 5) is 0. The molecule has 2 nitrogen and oxygen atoms in total. The highest BCUT2D eigenvalue weighted by Crippen LogP contribution is 2.05. The average Bonchev–Trinajstić information content (AvgIpc) is 2.53. The van der Waals surface area contributed by atoms with Crippen LogP contribution >= 0.6 is 0 Å². The van der Waals surface area contributed by atoms with Gasteiger partial charge in [-0.3, -0.25) is 0 Å². The fourth-order valence-corrected chi connectivity index (χ4v) is 1.58. The Bertz CT molecular complexity index is 814. The van der Waals surface area contributed by atoms with Gasteiger partial charge < -0.3 is 5.73 Å². The molecule has 0 radical (unpaired) electrons. The van der Waals surface area contributed by atoms with Crippen LogP contribution in [-0.2, 0) is 0 Å². The lowest BCUT2D eigenvalue weighted by Gasteiger charge is -1.91. The molecule has 0 heterocycles. The highest BCUT2D eigenvalue weighted by molar-refractivity contribution is 5.49. The van der Waals surface area contributed by atoms with E-state index in [9.17, 15) is 0 Å². The van der Waals surface area contributed by atoms with Crippen LogP contribution in [-0.4, -0.2) is 0 Å². The van der Waals surface area contributed by atoms with E-state index in [-0.39, 0.29) is 0 Å². The summed E-state index contributed by atoms with van der Waals surface area (Å²) in [6.45, 7) is 0. The molecule has 2 N–H and O–H groups in total. The molecule has 0 amide bonds. The van der Waals surface area contributed by atoms with Gasteiger partial charge in [0.05, 0.1) is 5.56 Å². The van der Waals surface area contributed by atoms with Crippen LogP contribution in [0.1, 0.15) is 16.7 Å². The SMILES string of the molecule is N#Cc1ccccc1C#C/C=C\C#Cc1ccc(N)cc1. The van der Waals surface area contributed by atoms with Gasteiger partial charge in [-0.2, -0.15) is 5.26 Å².